The number of alkyl halides is 12. The summed E-state index contributed by atoms with van der Waals surface area (Å²) in [6, 6.07) is 1.70. The van der Waals surface area contributed by atoms with Gasteiger partial charge in [0.25, 0.3) is 11.1 Å². The highest BCUT2D eigenvalue weighted by atomic mass is 32.1. The minimum atomic E-state index is -5.34. The third-order valence-corrected chi connectivity index (χ3v) is 16.6. The molecule has 2 aromatic heterocycles. The Labute approximate surface area is 624 Å². The van der Waals surface area contributed by atoms with Crippen LogP contribution >= 0.6 is 27.0 Å². The van der Waals surface area contributed by atoms with Crippen LogP contribution in [0, 0.1) is 76.6 Å². The average molecular weight is 1580 g/mol. The first-order chi connectivity index (χ1) is 48.3. The molecule has 1 amide bonds. The van der Waals surface area contributed by atoms with Crippen LogP contribution in [0.5, 0.6) is 0 Å². The van der Waals surface area contributed by atoms with Crippen molar-refractivity contribution in [2.45, 2.75) is 170 Å². The summed E-state index contributed by atoms with van der Waals surface area (Å²) in [5, 5.41) is 11.6. The van der Waals surface area contributed by atoms with Gasteiger partial charge in [-0.3, -0.25) is 24.0 Å². The molecule has 33 heteroatoms. The van der Waals surface area contributed by atoms with Crippen LogP contribution in [0.3, 0.4) is 0 Å². The van der Waals surface area contributed by atoms with Gasteiger partial charge in [-0.15, -0.1) is 0 Å². The Morgan fingerprint density at radius 2 is 0.832 bits per heavy atom. The first-order valence-corrected chi connectivity index (χ1v) is 33.2. The maximum atomic E-state index is 16.7. The molecule has 6 rings (SSSR count). The molecule has 0 saturated heterocycles. The number of nitrogens with zero attached hydrogens (tertiary/aromatic N) is 4. The molecule has 0 saturated carbocycles. The van der Waals surface area contributed by atoms with E-state index >= 15 is 13.2 Å². The van der Waals surface area contributed by atoms with Gasteiger partial charge in [-0.05, 0) is 178 Å². The maximum Gasteiger partial charge on any atom is 0.419 e. The molecule has 4 aromatic carbocycles. The molecule has 0 spiro atoms. The van der Waals surface area contributed by atoms with E-state index in [2.05, 4.69) is 5.32 Å². The Morgan fingerprint density at radius 1 is 0.505 bits per heavy atom. The zero-order chi connectivity index (χ0) is 80.2. The number of benzene rings is 4. The number of nitrogens with one attached hydrogen (secondary N) is 1. The van der Waals surface area contributed by atoms with Crippen LogP contribution < -0.4 is 22.2 Å². The number of likely N-dealkylation sites (N-methyl/N-ethyl adjacent to an activating group) is 2. The number of hydrogen-bond acceptors (Lipinski definition) is 11. The molecule has 0 aliphatic heterocycles. The summed E-state index contributed by atoms with van der Waals surface area (Å²) in [6.07, 6.45) is -19.9. The second-order valence-corrected chi connectivity index (χ2v) is 26.9. The lowest BCUT2D eigenvalue weighted by Gasteiger charge is -2.28. The van der Waals surface area contributed by atoms with E-state index in [1.807, 2.05) is 0 Å². The van der Waals surface area contributed by atoms with Gasteiger partial charge >= 0.3 is 42.6 Å². The number of amides is 1. The number of nitrogens with two attached hydrogens (primary N) is 1. The van der Waals surface area contributed by atoms with E-state index in [1.165, 1.54) is 27.7 Å². The molecular formula is C74H92F16N6O9S2. The zero-order valence-electron chi connectivity index (χ0n) is 61.9. The third kappa shape index (κ3) is 25.6. The van der Waals surface area contributed by atoms with Crippen molar-refractivity contribution in [2.24, 2.45) is 17.6 Å². The van der Waals surface area contributed by atoms with Crippen molar-refractivity contribution in [3.8, 4) is 22.3 Å². The summed E-state index contributed by atoms with van der Waals surface area (Å²) in [5.74, 6) is -11.4. The zero-order valence-corrected chi connectivity index (χ0v) is 63.9. The summed E-state index contributed by atoms with van der Waals surface area (Å²) in [4.78, 5) is 78.7. The van der Waals surface area contributed by atoms with Crippen LogP contribution in [0.1, 0.15) is 169 Å². The van der Waals surface area contributed by atoms with Crippen molar-refractivity contribution in [1.29, 1.82) is 0 Å². The fraction of sp³-hybridized carbons (Fsp3) is 0.486. The van der Waals surface area contributed by atoms with E-state index in [1.54, 1.807) is 118 Å². The van der Waals surface area contributed by atoms with E-state index < -0.39 is 164 Å². The molecule has 4 atom stereocenters. The quantitative estimate of drug-likeness (QED) is 0.0363. The molecule has 0 radical (unpaired) electrons. The normalized spacial score (nSPS) is 13.0. The van der Waals surface area contributed by atoms with Gasteiger partial charge in [0.1, 0.15) is 35.4 Å². The van der Waals surface area contributed by atoms with Gasteiger partial charge in [0.15, 0.2) is 0 Å². The smallest absolute Gasteiger partial charge is 0.419 e. The lowest BCUT2D eigenvalue weighted by atomic mass is 9.88. The SMILES string of the molecule is CC(C)CC(C(=O)O)n1cc(CCN(C)C)c(C(F)(F)F)cc1=O.CCOC(=O)C[C@H](N)c1c(F)c(-c2c(C)cc(C)cc2C)cc(C(F)(F)F)c1F.CCOC(=O)C[C@H](NC(=O)C(CC(C)C)n1cc(CCN(C)C)c(C(F)(F)F)cc1=O)c1c(F)c(-c2c(C)cc(C)cc2C)cc(C(F)(F)F)c1F.S.S. The van der Waals surface area contributed by atoms with Crippen LogP contribution in [0.15, 0.2) is 70.5 Å². The van der Waals surface area contributed by atoms with Crippen LogP contribution in [0.4, 0.5) is 70.2 Å². The van der Waals surface area contributed by atoms with Crippen LogP contribution in [0.25, 0.3) is 22.3 Å². The van der Waals surface area contributed by atoms with Gasteiger partial charge in [0, 0.05) is 65.9 Å². The van der Waals surface area contributed by atoms with E-state index in [0.29, 0.717) is 53.1 Å². The van der Waals surface area contributed by atoms with E-state index in [0.717, 1.165) is 32.7 Å². The minimum Gasteiger partial charge on any atom is -0.480 e. The Balaban J connectivity index is 0.000000596. The fourth-order valence-electron chi connectivity index (χ4n) is 12.2. The molecule has 0 fully saturated rings. The standard InChI is InChI=1S/C37H43F8N3O4.C21H22F5NO2.C16H23F3N2O3.2H2S/c1-9-52-30(50)17-27(32-33(38)24(15-26(34(32)39)37(43,44)45)31-21(5)13-20(4)14-22(31)6)46-35(51)28(12-19(2)3)48-18-23(10-11-47(7)8)25(16-29(48)49)36(40,41)42;1-5-29-16(28)9-15(27)18-19(22)13(8-14(20(18)23)21(24,25)26)17-11(3)6-10(2)7-12(17)4;1-10(2)7-13(15(23)24)21-9-11(5-6-20(3)4)12(8-14(21)22)16(17,18)19;;/h13-16,18-19,27-28H,9-12,17H2,1-8H3,(H,46,51);6-8,15H,5,9,27H2,1-4H3;8-10,13H,5-7H2,1-4H3,(H,23,24);2*1H2/t27-,28?;15-;;;/m00.../s1. The predicted octanol–water partition coefficient (Wildman–Crippen LogP) is 16.7. The van der Waals surface area contributed by atoms with Crippen molar-refractivity contribution >= 4 is 50.8 Å². The Kier molecular flexibility index (Phi) is 35.1. The molecule has 15 nitrogen and oxygen atoms in total. The summed E-state index contributed by atoms with van der Waals surface area (Å²) in [6.45, 7) is 19.9. The first-order valence-electron chi connectivity index (χ1n) is 33.2. The summed E-state index contributed by atoms with van der Waals surface area (Å²) in [7, 11) is 6.70. The fourth-order valence-corrected chi connectivity index (χ4v) is 12.2. The summed E-state index contributed by atoms with van der Waals surface area (Å²) >= 11 is 0. The predicted molar refractivity (Wildman–Crippen MR) is 384 cm³/mol. The van der Waals surface area contributed by atoms with Crippen molar-refractivity contribution in [3.05, 3.63) is 183 Å². The number of rotatable bonds is 25. The van der Waals surface area contributed by atoms with Gasteiger partial charge in [-0.1, -0.05) is 63.1 Å². The second-order valence-electron chi connectivity index (χ2n) is 26.9. The molecular weight excluding hydrogens is 1480 g/mol. The molecule has 6 aromatic rings. The molecule has 0 aliphatic carbocycles. The number of carboxylic acid groups (broad SMARTS) is 1. The highest BCUT2D eigenvalue weighted by molar-refractivity contribution is 7.59. The Morgan fingerprint density at radius 3 is 1.16 bits per heavy atom. The number of aromatic nitrogens is 2. The average Bonchev–Trinajstić information content (AvgIpc) is 0.763. The number of aliphatic carboxylic acids is 1. The Bertz CT molecular complexity index is 4180. The minimum absolute atomic E-state index is 0. The molecule has 0 aliphatic rings. The number of hydrogen-bond donors (Lipinski definition) is 3. The number of aryl methyl sites for hydroxylation is 6. The Hall–Kier alpha value is -7.88. The third-order valence-electron chi connectivity index (χ3n) is 16.6. The van der Waals surface area contributed by atoms with Gasteiger partial charge in [-0.25, -0.2) is 22.4 Å². The molecule has 596 valence electrons. The molecule has 2 unspecified atom stereocenters. The second kappa shape index (κ2) is 39.5. The lowest BCUT2D eigenvalue weighted by Crippen LogP contribution is -2.41. The first kappa shape index (κ1) is 95.2. The molecule has 4 N–H and O–H groups in total. The maximum absolute atomic E-state index is 16.7. The van der Waals surface area contributed by atoms with E-state index in [-0.39, 0.29) is 107 Å². The van der Waals surface area contributed by atoms with Crippen LogP contribution in [-0.2, 0) is 66.2 Å². The van der Waals surface area contributed by atoms with Crippen molar-refractivity contribution < 1.29 is 104 Å². The number of ether oxygens (including phenoxy) is 2. The highest BCUT2D eigenvalue weighted by Crippen LogP contribution is 2.45. The highest BCUT2D eigenvalue weighted by Gasteiger charge is 2.43. The van der Waals surface area contributed by atoms with E-state index in [4.69, 9.17) is 15.2 Å². The van der Waals surface area contributed by atoms with Crippen molar-refractivity contribution in [2.75, 3.05) is 54.5 Å². The van der Waals surface area contributed by atoms with Gasteiger partial charge in [0.05, 0.1) is 54.4 Å². The number of pyridine rings is 2. The largest absolute Gasteiger partial charge is 0.480 e. The van der Waals surface area contributed by atoms with Crippen molar-refractivity contribution in [1.82, 2.24) is 24.3 Å². The van der Waals surface area contributed by atoms with Gasteiger partial charge in [-0.2, -0.15) is 79.7 Å². The molecule has 2 heterocycles. The van der Waals surface area contributed by atoms with Crippen LogP contribution in [0.2, 0.25) is 0 Å². The monoisotopic (exact) mass is 1580 g/mol. The lowest BCUT2D eigenvalue weighted by molar-refractivity contribution is -0.145. The topological polar surface area (TPSA) is 196 Å². The number of carbonyl (C=O) groups excluding carboxylic acids is 3. The van der Waals surface area contributed by atoms with Gasteiger partial charge < -0.3 is 44.6 Å². The van der Waals surface area contributed by atoms with Crippen LogP contribution in [-0.4, -0.2) is 102 Å². The summed E-state index contributed by atoms with van der Waals surface area (Å²) < 4.78 is 239. The van der Waals surface area contributed by atoms with E-state index in [9.17, 15) is 90.9 Å². The van der Waals surface area contributed by atoms with Gasteiger partial charge in [0.2, 0.25) is 5.91 Å². The molecule has 0 bridgehead atoms. The number of halogens is 16. The van der Waals surface area contributed by atoms with Crippen molar-refractivity contribution in [3.63, 3.8) is 0 Å². The molecule has 107 heavy (non-hydrogen) atoms. The number of carboxylic acids is 1. The number of esters is 2. The number of carbonyl (C=O) groups is 4. The summed E-state index contributed by atoms with van der Waals surface area (Å²) in [5.41, 5.74) is -2.18.